The fourth-order valence-electron chi connectivity index (χ4n) is 2.74. The lowest BCUT2D eigenvalue weighted by Crippen LogP contribution is -2.24. The van der Waals surface area contributed by atoms with Crippen LogP contribution in [0.15, 0.2) is 18.2 Å². The maximum atomic E-state index is 11.5. The van der Waals surface area contributed by atoms with Crippen molar-refractivity contribution in [1.29, 1.82) is 0 Å². The summed E-state index contributed by atoms with van der Waals surface area (Å²) < 4.78 is 0. The Morgan fingerprint density at radius 2 is 1.74 bits per heavy atom. The summed E-state index contributed by atoms with van der Waals surface area (Å²) in [5.41, 5.74) is 13.2. The normalized spacial score (nSPS) is 17.5. The molecule has 0 radical (unpaired) electrons. The van der Waals surface area contributed by atoms with Gasteiger partial charge >= 0.3 is 0 Å². The number of primary amides is 1. The molecule has 0 atom stereocenters. The van der Waals surface area contributed by atoms with E-state index in [-0.39, 0.29) is 0 Å². The molecular formula is C15H23N3O. The molecule has 5 N–H and O–H groups in total. The van der Waals surface area contributed by atoms with Crippen molar-refractivity contribution >= 4 is 17.3 Å². The third kappa shape index (κ3) is 3.63. The SMILES string of the molecule is NC(=O)c1cccc(N)c1NC1CCCCCCC1. The molecule has 0 saturated heterocycles. The molecule has 1 aliphatic carbocycles. The van der Waals surface area contributed by atoms with Gasteiger partial charge in [0.1, 0.15) is 0 Å². The van der Waals surface area contributed by atoms with Crippen LogP contribution in [0, 0.1) is 0 Å². The molecule has 1 amide bonds. The van der Waals surface area contributed by atoms with Crippen molar-refractivity contribution in [3.63, 3.8) is 0 Å². The standard InChI is InChI=1S/C15H23N3O/c16-13-10-6-9-12(15(17)19)14(13)18-11-7-4-2-1-3-5-8-11/h6,9-11,18H,1-5,7-8,16H2,(H2,17,19). The highest BCUT2D eigenvalue weighted by molar-refractivity contribution is 6.01. The van der Waals surface area contributed by atoms with Gasteiger partial charge in [0.2, 0.25) is 0 Å². The Morgan fingerprint density at radius 1 is 1.11 bits per heavy atom. The van der Waals surface area contributed by atoms with E-state index in [0.717, 1.165) is 12.8 Å². The molecule has 104 valence electrons. The average Bonchev–Trinajstić information content (AvgIpc) is 2.34. The number of para-hydroxylation sites is 1. The Labute approximate surface area is 114 Å². The number of nitrogens with two attached hydrogens (primary N) is 2. The number of rotatable bonds is 3. The predicted octanol–water partition coefficient (Wildman–Crippen LogP) is 2.89. The van der Waals surface area contributed by atoms with Crippen LogP contribution in [0.25, 0.3) is 0 Å². The number of nitrogen functional groups attached to an aromatic ring is 1. The van der Waals surface area contributed by atoms with E-state index in [4.69, 9.17) is 11.5 Å². The summed E-state index contributed by atoms with van der Waals surface area (Å²) in [6, 6.07) is 5.68. The number of hydrogen-bond acceptors (Lipinski definition) is 3. The molecule has 1 aromatic rings. The van der Waals surface area contributed by atoms with Gasteiger partial charge in [-0.2, -0.15) is 0 Å². The highest BCUT2D eigenvalue weighted by Gasteiger charge is 2.16. The zero-order valence-electron chi connectivity index (χ0n) is 11.3. The quantitative estimate of drug-likeness (QED) is 0.732. The molecule has 0 aliphatic heterocycles. The monoisotopic (exact) mass is 261 g/mol. The van der Waals surface area contributed by atoms with Crippen molar-refractivity contribution in [3.05, 3.63) is 23.8 Å². The van der Waals surface area contributed by atoms with Crippen LogP contribution in [0.2, 0.25) is 0 Å². The topological polar surface area (TPSA) is 81.1 Å². The van der Waals surface area contributed by atoms with Gasteiger partial charge in [-0.25, -0.2) is 0 Å². The third-order valence-corrected chi connectivity index (χ3v) is 3.82. The van der Waals surface area contributed by atoms with E-state index >= 15 is 0 Å². The second-order valence-corrected chi connectivity index (χ2v) is 5.32. The van der Waals surface area contributed by atoms with E-state index < -0.39 is 5.91 Å². The number of benzene rings is 1. The smallest absolute Gasteiger partial charge is 0.250 e. The molecular weight excluding hydrogens is 238 g/mol. The van der Waals surface area contributed by atoms with Crippen molar-refractivity contribution < 1.29 is 4.79 Å². The van der Waals surface area contributed by atoms with E-state index in [0.29, 0.717) is 23.0 Å². The second kappa shape index (κ2) is 6.45. The van der Waals surface area contributed by atoms with Gasteiger partial charge in [-0.15, -0.1) is 0 Å². The molecule has 1 aromatic carbocycles. The molecule has 0 aromatic heterocycles. The summed E-state index contributed by atoms with van der Waals surface area (Å²) in [6.45, 7) is 0. The Bertz CT molecular complexity index is 437. The fourth-order valence-corrected chi connectivity index (χ4v) is 2.74. The molecule has 19 heavy (non-hydrogen) atoms. The zero-order chi connectivity index (χ0) is 13.7. The van der Waals surface area contributed by atoms with Crippen LogP contribution in [0.4, 0.5) is 11.4 Å². The summed E-state index contributed by atoms with van der Waals surface area (Å²) in [4.78, 5) is 11.5. The first kappa shape index (κ1) is 13.7. The lowest BCUT2D eigenvalue weighted by molar-refractivity contribution is 0.100. The van der Waals surface area contributed by atoms with Gasteiger partial charge in [0, 0.05) is 6.04 Å². The summed E-state index contributed by atoms with van der Waals surface area (Å²) >= 11 is 0. The van der Waals surface area contributed by atoms with E-state index in [1.54, 1.807) is 18.2 Å². The van der Waals surface area contributed by atoms with Gasteiger partial charge < -0.3 is 16.8 Å². The fraction of sp³-hybridized carbons (Fsp3) is 0.533. The number of anilines is 2. The van der Waals surface area contributed by atoms with Crippen LogP contribution in [-0.4, -0.2) is 11.9 Å². The van der Waals surface area contributed by atoms with E-state index in [9.17, 15) is 4.79 Å². The number of nitrogens with one attached hydrogen (secondary N) is 1. The van der Waals surface area contributed by atoms with Gasteiger partial charge in [0.05, 0.1) is 16.9 Å². The molecule has 1 aliphatic rings. The largest absolute Gasteiger partial charge is 0.397 e. The molecule has 0 spiro atoms. The van der Waals surface area contributed by atoms with E-state index in [1.165, 1.54) is 32.1 Å². The Balaban J connectivity index is 2.14. The van der Waals surface area contributed by atoms with Crippen LogP contribution in [0.3, 0.4) is 0 Å². The number of carbonyl (C=O) groups is 1. The second-order valence-electron chi connectivity index (χ2n) is 5.32. The van der Waals surface area contributed by atoms with Crippen LogP contribution in [0.1, 0.15) is 55.3 Å². The highest BCUT2D eigenvalue weighted by Crippen LogP contribution is 2.27. The van der Waals surface area contributed by atoms with Crippen molar-refractivity contribution in [2.24, 2.45) is 5.73 Å². The summed E-state index contributed by atoms with van der Waals surface area (Å²) in [5, 5.41) is 3.44. The van der Waals surface area contributed by atoms with Crippen molar-refractivity contribution in [2.75, 3.05) is 11.1 Å². The molecule has 4 nitrogen and oxygen atoms in total. The number of amides is 1. The zero-order valence-corrected chi connectivity index (χ0v) is 11.3. The van der Waals surface area contributed by atoms with Gasteiger partial charge in [0.15, 0.2) is 0 Å². The minimum Gasteiger partial charge on any atom is -0.397 e. The average molecular weight is 261 g/mol. The first-order valence-electron chi connectivity index (χ1n) is 7.13. The lowest BCUT2D eigenvalue weighted by atomic mass is 9.96. The maximum Gasteiger partial charge on any atom is 0.250 e. The van der Waals surface area contributed by atoms with Gasteiger partial charge in [-0.3, -0.25) is 4.79 Å². The first-order valence-corrected chi connectivity index (χ1v) is 7.13. The van der Waals surface area contributed by atoms with Crippen LogP contribution in [-0.2, 0) is 0 Å². The Kier molecular flexibility index (Phi) is 4.66. The molecule has 4 heteroatoms. The van der Waals surface area contributed by atoms with Crippen molar-refractivity contribution in [3.8, 4) is 0 Å². The van der Waals surface area contributed by atoms with Crippen molar-refractivity contribution in [2.45, 2.75) is 51.0 Å². The highest BCUT2D eigenvalue weighted by atomic mass is 16.1. The molecule has 1 saturated carbocycles. The number of carbonyl (C=O) groups excluding carboxylic acids is 1. The molecule has 1 fully saturated rings. The summed E-state index contributed by atoms with van der Waals surface area (Å²) in [6.07, 6.45) is 8.66. The summed E-state index contributed by atoms with van der Waals surface area (Å²) in [7, 11) is 0. The van der Waals surface area contributed by atoms with Crippen LogP contribution >= 0.6 is 0 Å². The van der Waals surface area contributed by atoms with Crippen LogP contribution in [0.5, 0.6) is 0 Å². The predicted molar refractivity (Wildman–Crippen MR) is 79.1 cm³/mol. The minimum atomic E-state index is -0.430. The molecule has 0 heterocycles. The van der Waals surface area contributed by atoms with Gasteiger partial charge in [-0.05, 0) is 25.0 Å². The molecule has 0 bridgehead atoms. The van der Waals surface area contributed by atoms with E-state index in [2.05, 4.69) is 5.32 Å². The van der Waals surface area contributed by atoms with Crippen LogP contribution < -0.4 is 16.8 Å². The maximum absolute atomic E-state index is 11.5. The van der Waals surface area contributed by atoms with Crippen molar-refractivity contribution in [1.82, 2.24) is 0 Å². The van der Waals surface area contributed by atoms with Gasteiger partial charge in [0.25, 0.3) is 5.91 Å². The van der Waals surface area contributed by atoms with Gasteiger partial charge in [-0.1, -0.05) is 38.2 Å². The molecule has 2 rings (SSSR count). The number of hydrogen-bond donors (Lipinski definition) is 3. The lowest BCUT2D eigenvalue weighted by Gasteiger charge is -2.24. The Hall–Kier alpha value is -1.71. The summed E-state index contributed by atoms with van der Waals surface area (Å²) in [5.74, 6) is -0.430. The Morgan fingerprint density at radius 3 is 2.37 bits per heavy atom. The minimum absolute atomic E-state index is 0.392. The van der Waals surface area contributed by atoms with E-state index in [1.807, 2.05) is 0 Å². The third-order valence-electron chi connectivity index (χ3n) is 3.82. The molecule has 0 unspecified atom stereocenters. The first-order chi connectivity index (χ1) is 9.18.